The third-order valence-corrected chi connectivity index (χ3v) is 9.98. The van der Waals surface area contributed by atoms with Crippen LogP contribution in [0.3, 0.4) is 0 Å². The second-order valence-electron chi connectivity index (χ2n) is 13.9. The molecule has 4 aromatic carbocycles. The Morgan fingerprint density at radius 2 is 0.909 bits per heavy atom. The average molecular weight is 587 g/mol. The molecule has 0 saturated carbocycles. The Labute approximate surface area is 260 Å². The van der Waals surface area contributed by atoms with Gasteiger partial charge in [0.1, 0.15) is 5.58 Å². The fourth-order valence-corrected chi connectivity index (χ4v) is 5.85. The minimum atomic E-state index is -0.430. The van der Waals surface area contributed by atoms with E-state index in [4.69, 9.17) is 23.0 Å². The summed E-state index contributed by atoms with van der Waals surface area (Å²) in [7, 11) is -0.860. The van der Waals surface area contributed by atoms with E-state index in [-0.39, 0.29) is 0 Å². The number of fused-ring (bicyclic) bond motifs is 3. The van der Waals surface area contributed by atoms with Crippen LogP contribution < -0.4 is 15.8 Å². The summed E-state index contributed by atoms with van der Waals surface area (Å²) in [6.07, 6.45) is 0. The summed E-state index contributed by atoms with van der Waals surface area (Å²) in [4.78, 5) is 2.23. The number of para-hydroxylation sites is 2. The molecule has 0 unspecified atom stereocenters. The van der Waals surface area contributed by atoms with Crippen LogP contribution in [0.1, 0.15) is 55.4 Å². The van der Waals surface area contributed by atoms with Gasteiger partial charge in [-0.15, -0.1) is 0 Å². The molecule has 2 fully saturated rings. The lowest BCUT2D eigenvalue weighted by Crippen LogP contribution is -2.41. The first kappa shape index (κ1) is 29.2. The monoisotopic (exact) mass is 587 g/mol. The van der Waals surface area contributed by atoms with Crippen molar-refractivity contribution >= 4 is 64.2 Å². The number of rotatable bonds is 5. The highest BCUT2D eigenvalue weighted by Crippen LogP contribution is 2.42. The average Bonchev–Trinajstić information content (AvgIpc) is 3.54. The van der Waals surface area contributed by atoms with E-state index in [1.807, 2.05) is 18.2 Å². The van der Waals surface area contributed by atoms with Gasteiger partial charge >= 0.3 is 14.2 Å². The minimum Gasteiger partial charge on any atom is -0.454 e. The maximum atomic E-state index is 6.49. The van der Waals surface area contributed by atoms with Gasteiger partial charge in [-0.25, -0.2) is 0 Å². The number of anilines is 3. The molecule has 5 aromatic rings. The highest BCUT2D eigenvalue weighted by molar-refractivity contribution is 6.62. The summed E-state index contributed by atoms with van der Waals surface area (Å²) in [5.41, 5.74) is 4.96. The second kappa shape index (κ2) is 9.98. The van der Waals surface area contributed by atoms with Crippen LogP contribution in [-0.4, -0.2) is 36.6 Å². The van der Waals surface area contributed by atoms with E-state index < -0.39 is 36.6 Å². The van der Waals surface area contributed by atoms with Gasteiger partial charge in [0.05, 0.1) is 28.1 Å². The van der Waals surface area contributed by atoms with Crippen molar-refractivity contribution < 1.29 is 23.0 Å². The smallest absolute Gasteiger partial charge is 0.454 e. The van der Waals surface area contributed by atoms with E-state index in [2.05, 4.69) is 133 Å². The maximum Gasteiger partial charge on any atom is 0.494 e. The first-order valence-electron chi connectivity index (χ1n) is 15.4. The zero-order valence-electron chi connectivity index (χ0n) is 26.8. The van der Waals surface area contributed by atoms with Gasteiger partial charge in [-0.2, -0.15) is 0 Å². The van der Waals surface area contributed by atoms with Crippen LogP contribution in [-0.2, 0) is 18.6 Å². The van der Waals surface area contributed by atoms with Gasteiger partial charge in [-0.05, 0) is 103 Å². The predicted octanol–water partition coefficient (Wildman–Crippen LogP) is 7.65. The van der Waals surface area contributed by atoms with Gasteiger partial charge in [0.2, 0.25) is 0 Å². The Bertz CT molecular complexity index is 1730. The first-order chi connectivity index (χ1) is 20.8. The van der Waals surface area contributed by atoms with Gasteiger partial charge < -0.3 is 27.9 Å². The van der Waals surface area contributed by atoms with Crippen LogP contribution >= 0.6 is 0 Å². The van der Waals surface area contributed by atoms with Gasteiger partial charge in [0.15, 0.2) is 5.58 Å². The number of hydrogen-bond donors (Lipinski definition) is 0. The van der Waals surface area contributed by atoms with E-state index in [0.29, 0.717) is 0 Å². The Kier molecular flexibility index (Phi) is 6.62. The first-order valence-corrected chi connectivity index (χ1v) is 15.4. The molecular weight excluding hydrogens is 548 g/mol. The van der Waals surface area contributed by atoms with Crippen LogP contribution in [0.5, 0.6) is 0 Å². The molecule has 0 atom stereocenters. The molecule has 44 heavy (non-hydrogen) atoms. The fraction of sp³-hybridized carbons (Fsp3) is 0.333. The number of benzene rings is 4. The van der Waals surface area contributed by atoms with Gasteiger partial charge in [0, 0.05) is 22.1 Å². The zero-order valence-corrected chi connectivity index (χ0v) is 26.8. The normalized spacial score (nSPS) is 20.1. The van der Waals surface area contributed by atoms with Crippen molar-refractivity contribution in [3.63, 3.8) is 0 Å². The molecular formula is C36H39B2NO5. The molecule has 0 bridgehead atoms. The number of nitrogens with zero attached hydrogens (tertiary/aromatic N) is 1. The molecule has 1 aromatic heterocycles. The summed E-state index contributed by atoms with van der Waals surface area (Å²) < 4.78 is 31.8. The summed E-state index contributed by atoms with van der Waals surface area (Å²) in [6, 6.07) is 31.3. The lowest BCUT2D eigenvalue weighted by atomic mass is 9.79. The standard InChI is InChI=1S/C36H39B2NO5/c1-33(2)34(3,4)42-37(41-33)24-16-20-26(21-17-24)39(30-14-11-13-29-28-12-9-10-15-31(28)40-32(29)30)27-22-18-25(19-23-27)38-43-35(5,6)36(7,8)44-38/h9-23H,1-8H3. The van der Waals surface area contributed by atoms with Crippen molar-refractivity contribution in [1.82, 2.24) is 0 Å². The van der Waals surface area contributed by atoms with Gasteiger partial charge in [-0.3, -0.25) is 0 Å². The lowest BCUT2D eigenvalue weighted by Gasteiger charge is -2.32. The molecule has 0 aliphatic carbocycles. The van der Waals surface area contributed by atoms with Gasteiger partial charge in [0.25, 0.3) is 0 Å². The van der Waals surface area contributed by atoms with E-state index in [9.17, 15) is 0 Å². The SMILES string of the molecule is CC1(C)OB(c2ccc(N(c3ccc(B4OC(C)(C)C(C)(C)O4)cc3)c3cccc4c3oc3ccccc34)cc2)OC1(C)C. The molecule has 2 aliphatic rings. The molecule has 8 heteroatoms. The van der Waals surface area contributed by atoms with Crippen molar-refractivity contribution in [1.29, 1.82) is 0 Å². The highest BCUT2D eigenvalue weighted by Gasteiger charge is 2.52. The summed E-state index contributed by atoms with van der Waals surface area (Å²) in [5, 5.41) is 2.17. The van der Waals surface area contributed by atoms with E-state index >= 15 is 0 Å². The quantitative estimate of drug-likeness (QED) is 0.197. The molecule has 2 aliphatic heterocycles. The van der Waals surface area contributed by atoms with Crippen molar-refractivity contribution in [2.24, 2.45) is 0 Å². The summed E-state index contributed by atoms with van der Waals surface area (Å²) in [6.45, 7) is 16.6. The summed E-state index contributed by atoms with van der Waals surface area (Å²) >= 11 is 0. The third kappa shape index (κ3) is 4.67. The van der Waals surface area contributed by atoms with Crippen LogP contribution in [0.4, 0.5) is 17.1 Å². The van der Waals surface area contributed by atoms with E-state index in [1.54, 1.807) is 0 Å². The zero-order chi connectivity index (χ0) is 31.1. The van der Waals surface area contributed by atoms with Crippen molar-refractivity contribution in [3.05, 3.63) is 91.0 Å². The molecule has 0 amide bonds. The van der Waals surface area contributed by atoms with Crippen molar-refractivity contribution in [2.45, 2.75) is 77.8 Å². The largest absolute Gasteiger partial charge is 0.494 e. The van der Waals surface area contributed by atoms with Crippen LogP contribution in [0, 0.1) is 0 Å². The summed E-state index contributed by atoms with van der Waals surface area (Å²) in [5.74, 6) is 0. The van der Waals surface area contributed by atoms with E-state index in [0.717, 1.165) is 49.9 Å². The molecule has 2 saturated heterocycles. The number of hydrogen-bond acceptors (Lipinski definition) is 6. The highest BCUT2D eigenvalue weighted by atomic mass is 16.7. The van der Waals surface area contributed by atoms with Crippen LogP contribution in [0.25, 0.3) is 21.9 Å². The Morgan fingerprint density at radius 3 is 1.39 bits per heavy atom. The Hall–Kier alpha value is -3.55. The predicted molar refractivity (Wildman–Crippen MR) is 180 cm³/mol. The second-order valence-corrected chi connectivity index (χ2v) is 13.9. The minimum absolute atomic E-state index is 0.405. The number of furan rings is 1. The topological polar surface area (TPSA) is 53.3 Å². The van der Waals surface area contributed by atoms with Crippen LogP contribution in [0.15, 0.2) is 95.4 Å². The molecule has 6 nitrogen and oxygen atoms in total. The van der Waals surface area contributed by atoms with Crippen molar-refractivity contribution in [3.8, 4) is 0 Å². The molecule has 7 rings (SSSR count). The molecule has 224 valence electrons. The fourth-order valence-electron chi connectivity index (χ4n) is 5.85. The van der Waals surface area contributed by atoms with Crippen molar-refractivity contribution in [2.75, 3.05) is 4.90 Å². The van der Waals surface area contributed by atoms with Gasteiger partial charge in [-0.1, -0.05) is 54.6 Å². The maximum absolute atomic E-state index is 6.49. The van der Waals surface area contributed by atoms with E-state index in [1.165, 1.54) is 0 Å². The Morgan fingerprint density at radius 1 is 0.477 bits per heavy atom. The molecule has 3 heterocycles. The Balaban J connectivity index is 1.30. The lowest BCUT2D eigenvalue weighted by molar-refractivity contribution is 0.00578. The molecule has 0 N–H and O–H groups in total. The van der Waals surface area contributed by atoms with Crippen LogP contribution in [0.2, 0.25) is 0 Å². The molecule has 0 radical (unpaired) electrons. The molecule has 0 spiro atoms. The third-order valence-electron chi connectivity index (χ3n) is 9.98.